The van der Waals surface area contributed by atoms with Crippen LogP contribution in [0.3, 0.4) is 0 Å². The Bertz CT molecular complexity index is 607. The Hall–Kier alpha value is -2.02. The number of benzene rings is 1. The zero-order valence-corrected chi connectivity index (χ0v) is 14.9. The van der Waals surface area contributed by atoms with E-state index >= 15 is 0 Å². The van der Waals surface area contributed by atoms with Gasteiger partial charge in [0.05, 0.1) is 12.5 Å². The third-order valence-electron chi connectivity index (χ3n) is 4.24. The van der Waals surface area contributed by atoms with Crippen molar-refractivity contribution in [3.05, 3.63) is 29.3 Å². The molecule has 136 valence electrons. The number of esters is 1. The largest absolute Gasteiger partial charge is 0.547 e. The molecule has 2 N–H and O–H groups in total. The molecule has 0 fully saturated rings. The van der Waals surface area contributed by atoms with E-state index in [1.807, 2.05) is 6.07 Å². The van der Waals surface area contributed by atoms with Crippen molar-refractivity contribution >= 4 is 19.0 Å². The predicted octanol–water partition coefficient (Wildman–Crippen LogP) is 2.27. The van der Waals surface area contributed by atoms with Crippen LogP contribution in [0, 0.1) is 0 Å². The van der Waals surface area contributed by atoms with Crippen molar-refractivity contribution in [1.82, 2.24) is 5.32 Å². The highest BCUT2D eigenvalue weighted by atomic mass is 16.5. The van der Waals surface area contributed by atoms with Gasteiger partial charge in [-0.05, 0) is 24.5 Å². The van der Waals surface area contributed by atoms with Gasteiger partial charge < -0.3 is 19.7 Å². The first-order valence-electron chi connectivity index (χ1n) is 8.99. The summed E-state index contributed by atoms with van der Waals surface area (Å²) in [6.45, 7) is 4.25. The van der Waals surface area contributed by atoms with Gasteiger partial charge in [-0.3, -0.25) is 4.79 Å². The molecule has 0 radical (unpaired) electrons. The first-order chi connectivity index (χ1) is 12.1. The van der Waals surface area contributed by atoms with E-state index in [1.165, 1.54) is 0 Å². The van der Waals surface area contributed by atoms with Gasteiger partial charge in [0.15, 0.2) is 0 Å². The molecule has 0 saturated carbocycles. The monoisotopic (exact) mass is 347 g/mol. The van der Waals surface area contributed by atoms with Gasteiger partial charge >= 0.3 is 13.1 Å². The summed E-state index contributed by atoms with van der Waals surface area (Å²) in [6.07, 6.45) is 4.86. The van der Waals surface area contributed by atoms with Crippen molar-refractivity contribution in [1.29, 1.82) is 0 Å². The average Bonchev–Trinajstić information content (AvgIpc) is 2.61. The Morgan fingerprint density at radius 1 is 1.32 bits per heavy atom. The van der Waals surface area contributed by atoms with Crippen LogP contribution in [0.1, 0.15) is 61.9 Å². The molecule has 0 unspecified atom stereocenters. The van der Waals surface area contributed by atoms with E-state index in [1.54, 1.807) is 19.1 Å². The standard InChI is InChI=1S/C18H26BNO5/c1-3-5-6-7-11-24-18(22)14-10-8-9-13-12-15(20-16(21)4-2)19(23)25-17(13)14/h8-10,15,23H,3-7,11-12H2,1-2H3,(H,20,21)/t15-/m0/s1. The van der Waals surface area contributed by atoms with E-state index in [2.05, 4.69) is 12.2 Å². The van der Waals surface area contributed by atoms with Gasteiger partial charge in [0.25, 0.3) is 0 Å². The number of rotatable bonds is 8. The van der Waals surface area contributed by atoms with Crippen LogP contribution in [0.15, 0.2) is 18.2 Å². The summed E-state index contributed by atoms with van der Waals surface area (Å²) < 4.78 is 10.8. The molecule has 1 atom stereocenters. The molecule has 0 aromatic heterocycles. The number of ether oxygens (including phenoxy) is 1. The number of unbranched alkanes of at least 4 members (excludes halogenated alkanes) is 3. The fourth-order valence-electron chi connectivity index (χ4n) is 2.79. The predicted molar refractivity (Wildman–Crippen MR) is 95.4 cm³/mol. The summed E-state index contributed by atoms with van der Waals surface area (Å²) in [5, 5.41) is 12.9. The maximum Gasteiger partial charge on any atom is 0.547 e. The topological polar surface area (TPSA) is 84.9 Å². The zero-order chi connectivity index (χ0) is 18.2. The van der Waals surface area contributed by atoms with Crippen molar-refractivity contribution in [2.75, 3.05) is 6.61 Å². The summed E-state index contributed by atoms with van der Waals surface area (Å²) in [5.41, 5.74) is 1.08. The fraction of sp³-hybridized carbons (Fsp3) is 0.556. The van der Waals surface area contributed by atoms with Crippen LogP contribution >= 0.6 is 0 Å². The summed E-state index contributed by atoms with van der Waals surface area (Å²) in [6, 6.07) is 5.21. The van der Waals surface area contributed by atoms with Crippen LogP contribution in [0.25, 0.3) is 0 Å². The number of carbonyl (C=O) groups is 2. The maximum absolute atomic E-state index is 12.3. The van der Waals surface area contributed by atoms with Crippen LogP contribution in [-0.2, 0) is 16.0 Å². The quantitative estimate of drug-likeness (QED) is 0.428. The van der Waals surface area contributed by atoms with Crippen LogP contribution in [-0.4, -0.2) is 36.6 Å². The highest BCUT2D eigenvalue weighted by Gasteiger charge is 2.37. The first kappa shape index (κ1) is 19.3. The molecule has 25 heavy (non-hydrogen) atoms. The van der Waals surface area contributed by atoms with Crippen LogP contribution in [0.4, 0.5) is 0 Å². The van der Waals surface area contributed by atoms with Gasteiger partial charge in [-0.25, -0.2) is 4.79 Å². The van der Waals surface area contributed by atoms with Crippen molar-refractivity contribution < 1.29 is 24.0 Å². The molecular weight excluding hydrogens is 321 g/mol. The summed E-state index contributed by atoms with van der Waals surface area (Å²) in [4.78, 5) is 23.9. The lowest BCUT2D eigenvalue weighted by molar-refractivity contribution is -0.121. The Morgan fingerprint density at radius 3 is 2.84 bits per heavy atom. The molecule has 1 heterocycles. The molecule has 0 bridgehead atoms. The van der Waals surface area contributed by atoms with Crippen molar-refractivity contribution in [2.45, 2.75) is 58.3 Å². The summed E-state index contributed by atoms with van der Waals surface area (Å²) in [5.74, 6) is -0.786. The van der Waals surface area contributed by atoms with E-state index in [-0.39, 0.29) is 5.91 Å². The Morgan fingerprint density at radius 2 is 2.12 bits per heavy atom. The Balaban J connectivity index is 2.03. The van der Waals surface area contributed by atoms with E-state index in [0.29, 0.717) is 30.8 Å². The number of hydrogen-bond donors (Lipinski definition) is 2. The lowest BCUT2D eigenvalue weighted by Gasteiger charge is -2.29. The number of hydrogen-bond acceptors (Lipinski definition) is 5. The first-order valence-corrected chi connectivity index (χ1v) is 8.99. The van der Waals surface area contributed by atoms with Gasteiger partial charge in [0, 0.05) is 6.42 Å². The molecule has 1 aromatic rings. The minimum absolute atomic E-state index is 0.154. The van der Waals surface area contributed by atoms with Gasteiger partial charge in [0.2, 0.25) is 5.91 Å². The third-order valence-corrected chi connectivity index (χ3v) is 4.24. The molecule has 0 saturated heterocycles. The minimum atomic E-state index is -1.19. The van der Waals surface area contributed by atoms with Gasteiger partial charge in [-0.15, -0.1) is 0 Å². The Kier molecular flexibility index (Phi) is 7.31. The van der Waals surface area contributed by atoms with Gasteiger partial charge in [-0.2, -0.15) is 0 Å². The highest BCUT2D eigenvalue weighted by Crippen LogP contribution is 2.30. The molecule has 1 aliphatic heterocycles. The zero-order valence-electron chi connectivity index (χ0n) is 14.9. The number of para-hydroxylation sites is 1. The third kappa shape index (κ3) is 5.23. The smallest absolute Gasteiger partial charge is 0.534 e. The molecule has 7 heteroatoms. The number of fused-ring (bicyclic) bond motifs is 1. The van der Waals surface area contributed by atoms with Crippen LogP contribution in [0.2, 0.25) is 0 Å². The van der Waals surface area contributed by atoms with Crippen LogP contribution < -0.4 is 9.97 Å². The molecule has 1 aliphatic rings. The summed E-state index contributed by atoms with van der Waals surface area (Å²) >= 11 is 0. The van der Waals surface area contributed by atoms with E-state index in [9.17, 15) is 14.6 Å². The minimum Gasteiger partial charge on any atom is -0.534 e. The second-order valence-corrected chi connectivity index (χ2v) is 6.23. The molecule has 2 rings (SSSR count). The van der Waals surface area contributed by atoms with Gasteiger partial charge in [-0.1, -0.05) is 45.2 Å². The van der Waals surface area contributed by atoms with Gasteiger partial charge in [0.1, 0.15) is 11.3 Å². The fourth-order valence-corrected chi connectivity index (χ4v) is 2.79. The molecular formula is C18H26BNO5. The van der Waals surface area contributed by atoms with E-state index < -0.39 is 19.0 Å². The number of nitrogens with one attached hydrogen (secondary N) is 1. The molecule has 0 aliphatic carbocycles. The maximum atomic E-state index is 12.3. The van der Waals surface area contributed by atoms with Crippen LogP contribution in [0.5, 0.6) is 5.75 Å². The second-order valence-electron chi connectivity index (χ2n) is 6.23. The molecule has 1 aromatic carbocycles. The van der Waals surface area contributed by atoms with E-state index in [0.717, 1.165) is 31.2 Å². The second kappa shape index (κ2) is 9.46. The molecule has 1 amide bonds. The molecule has 6 nitrogen and oxygen atoms in total. The number of amides is 1. The Labute approximate surface area is 149 Å². The normalized spacial score (nSPS) is 16.0. The van der Waals surface area contributed by atoms with Crippen molar-refractivity contribution in [3.63, 3.8) is 0 Å². The molecule has 0 spiro atoms. The van der Waals surface area contributed by atoms with E-state index in [4.69, 9.17) is 9.39 Å². The SMILES string of the molecule is CCCCCCOC(=O)c1cccc2c1OB(O)[C@@H](NC(=O)CC)C2. The summed E-state index contributed by atoms with van der Waals surface area (Å²) in [7, 11) is -1.19. The van der Waals surface area contributed by atoms with Crippen molar-refractivity contribution in [2.24, 2.45) is 0 Å². The lowest BCUT2D eigenvalue weighted by atomic mass is 9.72. The average molecular weight is 347 g/mol. The number of carbonyl (C=O) groups excluding carboxylic acids is 2. The van der Waals surface area contributed by atoms with Crippen molar-refractivity contribution in [3.8, 4) is 5.75 Å². The lowest BCUT2D eigenvalue weighted by Crippen LogP contribution is -2.53. The highest BCUT2D eigenvalue weighted by molar-refractivity contribution is 6.47.